The molecule has 0 bridgehead atoms. The Hall–Kier alpha value is -3.13. The van der Waals surface area contributed by atoms with Crippen LogP contribution in [0.5, 0.6) is 0 Å². The summed E-state index contributed by atoms with van der Waals surface area (Å²) in [7, 11) is 0. The van der Waals surface area contributed by atoms with Crippen molar-refractivity contribution in [3.8, 4) is 17.2 Å². The number of nitriles is 1. The summed E-state index contributed by atoms with van der Waals surface area (Å²) in [6.45, 7) is 4.86. The minimum Gasteiger partial charge on any atom is -0.349 e. The van der Waals surface area contributed by atoms with Crippen LogP contribution in [-0.2, 0) is 6.54 Å². The Morgan fingerprint density at radius 2 is 2.04 bits per heavy atom. The Balaban J connectivity index is 2.13. The number of hydrogen-bond acceptors (Lipinski definition) is 2. The van der Waals surface area contributed by atoms with Crippen molar-refractivity contribution >= 4 is 16.8 Å². The molecule has 2 heterocycles. The predicted octanol–water partition coefficient (Wildman–Crippen LogP) is 3.68. The Bertz CT molecular complexity index is 1090. The lowest BCUT2D eigenvalue weighted by Gasteiger charge is -2.18. The molecular weight excluding hydrogens is 317 g/mol. The second-order valence-electron chi connectivity index (χ2n) is 6.38. The number of rotatable bonds is 1. The fourth-order valence-corrected chi connectivity index (χ4v) is 3.63. The van der Waals surface area contributed by atoms with Crippen LogP contribution in [0.3, 0.4) is 0 Å². The van der Waals surface area contributed by atoms with Crippen LogP contribution in [0.4, 0.5) is 4.39 Å². The molecule has 1 aliphatic heterocycles. The van der Waals surface area contributed by atoms with Gasteiger partial charge < -0.3 is 9.88 Å². The number of carbonyl (C=O) groups is 1. The van der Waals surface area contributed by atoms with Gasteiger partial charge in [0.1, 0.15) is 11.5 Å². The lowest BCUT2D eigenvalue weighted by atomic mass is 9.97. The lowest BCUT2D eigenvalue weighted by Crippen LogP contribution is -2.35. The number of carbonyl (C=O) groups excluding carboxylic acids is 1. The van der Waals surface area contributed by atoms with E-state index in [1.165, 1.54) is 6.07 Å². The molecule has 4 rings (SSSR count). The highest BCUT2D eigenvalue weighted by Crippen LogP contribution is 2.36. The van der Waals surface area contributed by atoms with Gasteiger partial charge in [0.2, 0.25) is 0 Å². The Morgan fingerprint density at radius 1 is 1.24 bits per heavy atom. The third kappa shape index (κ3) is 2.22. The van der Waals surface area contributed by atoms with Gasteiger partial charge in [-0.3, -0.25) is 4.79 Å². The zero-order valence-electron chi connectivity index (χ0n) is 14.0. The molecule has 0 aliphatic carbocycles. The number of halogens is 1. The molecule has 0 saturated carbocycles. The first kappa shape index (κ1) is 15.4. The van der Waals surface area contributed by atoms with Gasteiger partial charge in [0.25, 0.3) is 5.91 Å². The van der Waals surface area contributed by atoms with E-state index in [2.05, 4.69) is 11.4 Å². The second kappa shape index (κ2) is 5.45. The maximum Gasteiger partial charge on any atom is 0.268 e. The van der Waals surface area contributed by atoms with E-state index < -0.39 is 0 Å². The quantitative estimate of drug-likeness (QED) is 0.738. The van der Waals surface area contributed by atoms with Crippen molar-refractivity contribution in [1.82, 2.24) is 9.88 Å². The van der Waals surface area contributed by atoms with Crippen molar-refractivity contribution in [2.24, 2.45) is 0 Å². The molecule has 1 amide bonds. The van der Waals surface area contributed by atoms with Gasteiger partial charge in [-0.15, -0.1) is 0 Å². The fourth-order valence-electron chi connectivity index (χ4n) is 3.63. The van der Waals surface area contributed by atoms with Crippen molar-refractivity contribution in [2.75, 3.05) is 6.54 Å². The van der Waals surface area contributed by atoms with E-state index in [1.54, 1.807) is 19.1 Å². The molecule has 3 aromatic rings. The molecule has 25 heavy (non-hydrogen) atoms. The number of nitrogens with zero attached hydrogens (tertiary/aromatic N) is 2. The zero-order valence-corrected chi connectivity index (χ0v) is 14.0. The average molecular weight is 333 g/mol. The van der Waals surface area contributed by atoms with Crippen LogP contribution >= 0.6 is 0 Å². The summed E-state index contributed by atoms with van der Waals surface area (Å²) < 4.78 is 15.7. The topological polar surface area (TPSA) is 57.8 Å². The largest absolute Gasteiger partial charge is 0.349 e. The van der Waals surface area contributed by atoms with E-state index in [0.717, 1.165) is 27.6 Å². The molecular formula is C20H16FN3O. The Labute approximate surface area is 144 Å². The average Bonchev–Trinajstić information content (AvgIpc) is 2.90. The molecule has 0 atom stereocenters. The van der Waals surface area contributed by atoms with Crippen LogP contribution in [-0.4, -0.2) is 17.0 Å². The van der Waals surface area contributed by atoms with Crippen LogP contribution < -0.4 is 5.32 Å². The predicted molar refractivity (Wildman–Crippen MR) is 93.9 cm³/mol. The maximum absolute atomic E-state index is 13.7. The van der Waals surface area contributed by atoms with Crippen molar-refractivity contribution in [2.45, 2.75) is 20.4 Å². The molecule has 1 aromatic heterocycles. The third-order valence-corrected chi connectivity index (χ3v) is 4.84. The molecule has 4 nitrogen and oxygen atoms in total. The molecule has 0 unspecified atom stereocenters. The van der Waals surface area contributed by atoms with Crippen LogP contribution in [0.1, 0.15) is 27.2 Å². The molecule has 0 saturated heterocycles. The normalized spacial score (nSPS) is 13.4. The second-order valence-corrected chi connectivity index (χ2v) is 6.38. The van der Waals surface area contributed by atoms with Crippen LogP contribution in [0.25, 0.3) is 22.0 Å². The van der Waals surface area contributed by atoms with E-state index in [-0.39, 0.29) is 11.7 Å². The van der Waals surface area contributed by atoms with Gasteiger partial charge >= 0.3 is 0 Å². The molecule has 0 radical (unpaired) electrons. The summed E-state index contributed by atoms with van der Waals surface area (Å²) in [5.41, 5.74) is 5.19. The highest BCUT2D eigenvalue weighted by Gasteiger charge is 2.25. The van der Waals surface area contributed by atoms with Crippen LogP contribution in [0, 0.1) is 31.0 Å². The lowest BCUT2D eigenvalue weighted by molar-refractivity contribution is 0.0928. The highest BCUT2D eigenvalue weighted by atomic mass is 19.1. The zero-order chi connectivity index (χ0) is 17.7. The summed E-state index contributed by atoms with van der Waals surface area (Å²) in [5, 5.41) is 13.2. The summed E-state index contributed by atoms with van der Waals surface area (Å²) in [6.07, 6.45) is 0. The minimum absolute atomic E-state index is 0.0975. The summed E-state index contributed by atoms with van der Waals surface area (Å²) in [5.74, 6) is -0.358. The molecule has 5 heteroatoms. The van der Waals surface area contributed by atoms with Gasteiger partial charge in [0.05, 0.1) is 17.1 Å². The summed E-state index contributed by atoms with van der Waals surface area (Å²) in [6, 6.07) is 10.8. The number of fused-ring (bicyclic) bond motifs is 3. The number of aryl methyl sites for hydroxylation is 2. The van der Waals surface area contributed by atoms with E-state index in [4.69, 9.17) is 0 Å². The number of aromatic nitrogens is 1. The SMILES string of the molecule is Cc1cc(-c2cc(C#N)cc3c(C)c4n(c23)CCNC4=O)ccc1F. The van der Waals surface area contributed by atoms with Gasteiger partial charge in [-0.25, -0.2) is 4.39 Å². The Kier molecular flexibility index (Phi) is 3.36. The standard InChI is InChI=1S/C20H16FN3O/c1-11-7-14(3-4-17(11)21)16-9-13(10-22)8-15-12(2)18-20(25)23-5-6-24(18)19(15)16/h3-4,7-9H,5-6H2,1-2H3,(H,23,25). The van der Waals surface area contributed by atoms with Gasteiger partial charge in [-0.05, 0) is 54.8 Å². The van der Waals surface area contributed by atoms with E-state index in [9.17, 15) is 14.4 Å². The van der Waals surface area contributed by atoms with Crippen molar-refractivity contribution < 1.29 is 9.18 Å². The van der Waals surface area contributed by atoms with E-state index in [0.29, 0.717) is 29.9 Å². The van der Waals surface area contributed by atoms with Crippen LogP contribution in [0.2, 0.25) is 0 Å². The fraction of sp³-hybridized carbons (Fsp3) is 0.200. The first-order chi connectivity index (χ1) is 12.0. The van der Waals surface area contributed by atoms with Crippen LogP contribution in [0.15, 0.2) is 30.3 Å². The third-order valence-electron chi connectivity index (χ3n) is 4.84. The maximum atomic E-state index is 13.7. The highest BCUT2D eigenvalue weighted by molar-refractivity contribution is 6.06. The molecule has 0 spiro atoms. The monoisotopic (exact) mass is 333 g/mol. The molecule has 124 valence electrons. The number of amides is 1. The summed E-state index contributed by atoms with van der Waals surface area (Å²) in [4.78, 5) is 12.3. The molecule has 0 fully saturated rings. The van der Waals surface area contributed by atoms with E-state index in [1.807, 2.05) is 23.6 Å². The smallest absolute Gasteiger partial charge is 0.268 e. The van der Waals surface area contributed by atoms with Gasteiger partial charge in [0, 0.05) is 24.0 Å². The first-order valence-corrected chi connectivity index (χ1v) is 8.13. The van der Waals surface area contributed by atoms with Crippen molar-refractivity contribution in [1.29, 1.82) is 5.26 Å². The molecule has 2 aromatic carbocycles. The van der Waals surface area contributed by atoms with Crippen molar-refractivity contribution in [3.63, 3.8) is 0 Å². The number of benzene rings is 2. The minimum atomic E-state index is -0.260. The summed E-state index contributed by atoms with van der Waals surface area (Å²) >= 11 is 0. The number of hydrogen-bond donors (Lipinski definition) is 1. The van der Waals surface area contributed by atoms with Gasteiger partial charge in [-0.1, -0.05) is 6.07 Å². The van der Waals surface area contributed by atoms with Gasteiger partial charge in [-0.2, -0.15) is 5.26 Å². The Morgan fingerprint density at radius 3 is 2.76 bits per heavy atom. The number of nitrogens with one attached hydrogen (secondary N) is 1. The van der Waals surface area contributed by atoms with E-state index >= 15 is 0 Å². The first-order valence-electron chi connectivity index (χ1n) is 8.13. The van der Waals surface area contributed by atoms with Gasteiger partial charge in [0.15, 0.2) is 0 Å². The molecule has 1 aliphatic rings. The molecule has 1 N–H and O–H groups in total. The van der Waals surface area contributed by atoms with Crippen molar-refractivity contribution in [3.05, 3.63) is 58.5 Å².